The summed E-state index contributed by atoms with van der Waals surface area (Å²) in [5, 5.41) is 0. The van der Waals surface area contributed by atoms with Crippen molar-refractivity contribution in [1.82, 2.24) is 4.72 Å². The highest BCUT2D eigenvalue weighted by Crippen LogP contribution is 2.20. The number of benzene rings is 1. The molecule has 0 atom stereocenters. The summed E-state index contributed by atoms with van der Waals surface area (Å²) in [5.74, 6) is 0. The van der Waals surface area contributed by atoms with Crippen LogP contribution in [0.3, 0.4) is 0 Å². The van der Waals surface area contributed by atoms with Crippen LogP contribution in [0.25, 0.3) is 0 Å². The van der Waals surface area contributed by atoms with Crippen molar-refractivity contribution in [2.75, 3.05) is 0 Å². The van der Waals surface area contributed by atoms with Crippen LogP contribution in [0.5, 0.6) is 0 Å². The maximum absolute atomic E-state index is 12.4. The summed E-state index contributed by atoms with van der Waals surface area (Å²) in [6.45, 7) is 4.43. The fourth-order valence-corrected chi connectivity index (χ4v) is 4.21. The minimum atomic E-state index is -3.51. The lowest BCUT2D eigenvalue weighted by Crippen LogP contribution is -2.24. The van der Waals surface area contributed by atoms with Gasteiger partial charge >= 0.3 is 0 Å². The number of hydrogen-bond donors (Lipinski definition) is 2. The van der Waals surface area contributed by atoms with E-state index in [9.17, 15) is 8.42 Å². The zero-order valence-corrected chi connectivity index (χ0v) is 13.1. The maximum Gasteiger partial charge on any atom is 0.241 e. The van der Waals surface area contributed by atoms with E-state index >= 15 is 0 Å². The summed E-state index contributed by atoms with van der Waals surface area (Å²) in [6, 6.07) is 9.09. The van der Waals surface area contributed by atoms with Crippen molar-refractivity contribution in [2.45, 2.75) is 31.8 Å². The van der Waals surface area contributed by atoms with Gasteiger partial charge < -0.3 is 5.73 Å². The molecule has 0 bridgehead atoms. The second-order valence-electron chi connectivity index (χ2n) is 4.58. The van der Waals surface area contributed by atoms with Crippen molar-refractivity contribution in [1.29, 1.82) is 0 Å². The molecule has 0 aliphatic rings. The number of nitrogens with two attached hydrogens (primary N) is 1. The van der Waals surface area contributed by atoms with Crippen molar-refractivity contribution in [3.63, 3.8) is 0 Å². The van der Waals surface area contributed by atoms with Gasteiger partial charge in [0.15, 0.2) is 0 Å². The Morgan fingerprint density at radius 1 is 1.20 bits per heavy atom. The van der Waals surface area contributed by atoms with Gasteiger partial charge in [0.1, 0.15) is 0 Å². The van der Waals surface area contributed by atoms with Crippen LogP contribution in [0.15, 0.2) is 35.2 Å². The van der Waals surface area contributed by atoms with Crippen LogP contribution in [0.4, 0.5) is 0 Å². The summed E-state index contributed by atoms with van der Waals surface area (Å²) in [6.07, 6.45) is 0. The van der Waals surface area contributed by atoms with Crippen molar-refractivity contribution in [2.24, 2.45) is 5.73 Å². The van der Waals surface area contributed by atoms with Crippen LogP contribution in [-0.4, -0.2) is 8.42 Å². The van der Waals surface area contributed by atoms with Gasteiger partial charge in [0.2, 0.25) is 10.0 Å². The molecule has 0 unspecified atom stereocenters. The van der Waals surface area contributed by atoms with Crippen LogP contribution in [0.1, 0.15) is 20.9 Å². The number of rotatable bonds is 5. The molecule has 2 aromatic rings. The Bertz CT molecular complexity index is 706. The normalized spacial score (nSPS) is 11.8. The highest BCUT2D eigenvalue weighted by molar-refractivity contribution is 7.89. The minimum absolute atomic E-state index is 0.300. The van der Waals surface area contributed by atoms with Crippen molar-refractivity contribution in [3.05, 3.63) is 51.2 Å². The van der Waals surface area contributed by atoms with Crippen LogP contribution < -0.4 is 10.5 Å². The molecule has 1 aromatic heterocycles. The molecule has 6 heteroatoms. The van der Waals surface area contributed by atoms with Crippen LogP contribution in [-0.2, 0) is 23.1 Å². The number of hydrogen-bond acceptors (Lipinski definition) is 4. The lowest BCUT2D eigenvalue weighted by atomic mass is 10.1. The first-order valence-corrected chi connectivity index (χ1v) is 8.57. The molecule has 3 N–H and O–H groups in total. The van der Waals surface area contributed by atoms with E-state index in [1.165, 1.54) is 4.88 Å². The van der Waals surface area contributed by atoms with Gasteiger partial charge in [0, 0.05) is 22.8 Å². The van der Waals surface area contributed by atoms with Crippen LogP contribution in [0.2, 0.25) is 0 Å². The highest BCUT2D eigenvalue weighted by atomic mass is 32.2. The second kappa shape index (κ2) is 6.05. The van der Waals surface area contributed by atoms with E-state index in [4.69, 9.17) is 5.73 Å². The molecule has 1 heterocycles. The molecule has 0 amide bonds. The van der Waals surface area contributed by atoms with Gasteiger partial charge in [-0.1, -0.05) is 12.1 Å². The Hall–Kier alpha value is -1.21. The zero-order valence-electron chi connectivity index (χ0n) is 11.5. The summed E-state index contributed by atoms with van der Waals surface area (Å²) >= 11 is 1.59. The molecule has 0 saturated heterocycles. The van der Waals surface area contributed by atoms with E-state index in [0.717, 1.165) is 10.4 Å². The third-order valence-corrected chi connectivity index (χ3v) is 5.68. The number of thiophene rings is 1. The van der Waals surface area contributed by atoms with Crippen molar-refractivity contribution < 1.29 is 8.42 Å². The van der Waals surface area contributed by atoms with Gasteiger partial charge in [-0.2, -0.15) is 0 Å². The maximum atomic E-state index is 12.4. The zero-order chi connectivity index (χ0) is 14.8. The smallest absolute Gasteiger partial charge is 0.241 e. The van der Waals surface area contributed by atoms with Gasteiger partial charge in [0.25, 0.3) is 0 Å². The molecular weight excluding hydrogens is 292 g/mol. The largest absolute Gasteiger partial charge is 0.326 e. The average molecular weight is 310 g/mol. The number of nitrogens with one attached hydrogen (secondary N) is 1. The molecular formula is C14H18N2O2S2. The highest BCUT2D eigenvalue weighted by Gasteiger charge is 2.17. The topological polar surface area (TPSA) is 72.2 Å². The molecule has 0 fully saturated rings. The second-order valence-corrected chi connectivity index (χ2v) is 7.69. The van der Waals surface area contributed by atoms with Gasteiger partial charge in [-0.05, 0) is 43.2 Å². The summed E-state index contributed by atoms with van der Waals surface area (Å²) in [4.78, 5) is 2.47. The van der Waals surface area contributed by atoms with E-state index in [-0.39, 0.29) is 0 Å². The summed E-state index contributed by atoms with van der Waals surface area (Å²) in [7, 11) is -3.51. The van der Waals surface area contributed by atoms with Gasteiger partial charge in [-0.3, -0.25) is 0 Å². The Kier molecular flexibility index (Phi) is 4.59. The number of sulfonamides is 1. The lowest BCUT2D eigenvalue weighted by molar-refractivity contribution is 0.581. The fourth-order valence-electron chi connectivity index (χ4n) is 2.00. The average Bonchev–Trinajstić information content (AvgIpc) is 2.82. The first-order chi connectivity index (χ1) is 9.44. The third kappa shape index (κ3) is 3.27. The molecule has 0 saturated carbocycles. The van der Waals surface area contributed by atoms with Crippen molar-refractivity contribution >= 4 is 21.4 Å². The molecule has 0 aliphatic carbocycles. The molecule has 20 heavy (non-hydrogen) atoms. The SMILES string of the molecule is Cc1ccc(CNS(=O)(=O)c2cccc(CN)c2C)s1. The van der Waals surface area contributed by atoms with Gasteiger partial charge in [0.05, 0.1) is 4.90 Å². The van der Waals surface area contributed by atoms with E-state index in [0.29, 0.717) is 23.5 Å². The standard InChI is InChI=1S/C14H18N2O2S2/c1-10-6-7-13(19-10)9-16-20(17,18)14-5-3-4-12(8-15)11(14)2/h3-7,16H,8-9,15H2,1-2H3. The predicted molar refractivity (Wildman–Crippen MR) is 82.2 cm³/mol. The van der Waals surface area contributed by atoms with E-state index in [2.05, 4.69) is 4.72 Å². The Morgan fingerprint density at radius 2 is 1.95 bits per heavy atom. The Labute approximate surface area is 123 Å². The van der Waals surface area contributed by atoms with E-state index in [1.807, 2.05) is 25.1 Å². The Balaban J connectivity index is 2.22. The summed E-state index contributed by atoms with van der Waals surface area (Å²) in [5.41, 5.74) is 7.18. The third-order valence-electron chi connectivity index (χ3n) is 3.14. The Morgan fingerprint density at radius 3 is 2.55 bits per heavy atom. The van der Waals surface area contributed by atoms with Crippen LogP contribution >= 0.6 is 11.3 Å². The first-order valence-electron chi connectivity index (χ1n) is 6.27. The molecule has 4 nitrogen and oxygen atoms in total. The molecule has 0 radical (unpaired) electrons. The predicted octanol–water partition coefficient (Wildman–Crippen LogP) is 2.30. The monoisotopic (exact) mass is 310 g/mol. The summed E-state index contributed by atoms with van der Waals surface area (Å²) < 4.78 is 27.3. The van der Waals surface area contributed by atoms with Gasteiger partial charge in [-0.15, -0.1) is 11.3 Å². The molecule has 2 rings (SSSR count). The van der Waals surface area contributed by atoms with E-state index in [1.54, 1.807) is 30.4 Å². The molecule has 108 valence electrons. The molecule has 1 aromatic carbocycles. The van der Waals surface area contributed by atoms with Crippen LogP contribution in [0, 0.1) is 13.8 Å². The molecule has 0 aliphatic heterocycles. The van der Waals surface area contributed by atoms with Gasteiger partial charge in [-0.25, -0.2) is 13.1 Å². The minimum Gasteiger partial charge on any atom is -0.326 e. The quantitative estimate of drug-likeness (QED) is 0.890. The lowest BCUT2D eigenvalue weighted by Gasteiger charge is -2.11. The molecule has 0 spiro atoms. The van der Waals surface area contributed by atoms with Crippen molar-refractivity contribution in [3.8, 4) is 0 Å². The number of aryl methyl sites for hydroxylation is 1. The fraction of sp³-hybridized carbons (Fsp3) is 0.286. The van der Waals surface area contributed by atoms with E-state index < -0.39 is 10.0 Å². The first kappa shape index (κ1) is 15.2.